The van der Waals surface area contributed by atoms with Crippen LogP contribution in [0.25, 0.3) is 0 Å². The van der Waals surface area contributed by atoms with E-state index in [4.69, 9.17) is 5.11 Å². The SMILES string of the molecule is CO.Cc1ccc(Nc2c(C=O)ccc(F)c2F)c(F)c1. The number of carbonyl (C=O) groups is 1. The minimum Gasteiger partial charge on any atom is -0.400 e. The number of aliphatic hydroxyl groups is 1. The van der Waals surface area contributed by atoms with Gasteiger partial charge in [0.25, 0.3) is 0 Å². The van der Waals surface area contributed by atoms with E-state index in [0.29, 0.717) is 11.8 Å². The Hall–Kier alpha value is -2.34. The molecule has 21 heavy (non-hydrogen) atoms. The maximum atomic E-state index is 13.6. The largest absolute Gasteiger partial charge is 0.400 e. The minimum atomic E-state index is -1.22. The first-order chi connectivity index (χ1) is 10.0. The lowest BCUT2D eigenvalue weighted by molar-refractivity contribution is 0.112. The molecule has 0 radical (unpaired) electrons. The molecule has 0 unspecified atom stereocenters. The molecule has 2 aromatic rings. The maximum Gasteiger partial charge on any atom is 0.182 e. The fourth-order valence-corrected chi connectivity index (χ4v) is 1.65. The van der Waals surface area contributed by atoms with Crippen molar-refractivity contribution < 1.29 is 23.1 Å². The molecule has 0 atom stereocenters. The average Bonchev–Trinajstić information content (AvgIpc) is 2.48. The molecular weight excluding hydrogens is 283 g/mol. The quantitative estimate of drug-likeness (QED) is 0.851. The summed E-state index contributed by atoms with van der Waals surface area (Å²) in [6.45, 7) is 1.70. The number of benzene rings is 2. The van der Waals surface area contributed by atoms with Crippen molar-refractivity contribution in [3.8, 4) is 0 Å². The molecule has 0 aliphatic rings. The van der Waals surface area contributed by atoms with Gasteiger partial charge in [0.1, 0.15) is 5.82 Å². The van der Waals surface area contributed by atoms with E-state index in [-0.39, 0.29) is 16.9 Å². The molecule has 0 aromatic heterocycles. The second-order valence-electron chi connectivity index (χ2n) is 4.05. The molecule has 6 heteroatoms. The van der Waals surface area contributed by atoms with Crippen molar-refractivity contribution in [1.82, 2.24) is 0 Å². The molecule has 0 bridgehead atoms. The molecule has 0 amide bonds. The zero-order chi connectivity index (χ0) is 16.0. The van der Waals surface area contributed by atoms with Crippen LogP contribution in [0.5, 0.6) is 0 Å². The van der Waals surface area contributed by atoms with E-state index in [2.05, 4.69) is 5.32 Å². The van der Waals surface area contributed by atoms with Crippen molar-refractivity contribution in [2.75, 3.05) is 12.4 Å². The van der Waals surface area contributed by atoms with Crippen LogP contribution in [-0.2, 0) is 0 Å². The van der Waals surface area contributed by atoms with Crippen molar-refractivity contribution in [3.63, 3.8) is 0 Å². The van der Waals surface area contributed by atoms with E-state index >= 15 is 0 Å². The van der Waals surface area contributed by atoms with Gasteiger partial charge in [-0.1, -0.05) is 6.07 Å². The highest BCUT2D eigenvalue weighted by Gasteiger charge is 2.14. The lowest BCUT2D eigenvalue weighted by Crippen LogP contribution is -2.02. The summed E-state index contributed by atoms with van der Waals surface area (Å²) in [6, 6.07) is 6.22. The van der Waals surface area contributed by atoms with Gasteiger partial charge in [0.2, 0.25) is 0 Å². The van der Waals surface area contributed by atoms with Gasteiger partial charge in [0, 0.05) is 12.7 Å². The highest BCUT2D eigenvalue weighted by molar-refractivity contribution is 5.86. The summed E-state index contributed by atoms with van der Waals surface area (Å²) in [7, 11) is 1.00. The summed E-state index contributed by atoms with van der Waals surface area (Å²) >= 11 is 0. The Balaban J connectivity index is 0.00000106. The number of aliphatic hydroxyl groups excluding tert-OH is 1. The molecule has 0 saturated carbocycles. The van der Waals surface area contributed by atoms with Gasteiger partial charge < -0.3 is 10.4 Å². The lowest BCUT2D eigenvalue weighted by Gasteiger charge is -2.11. The molecule has 0 fully saturated rings. The van der Waals surface area contributed by atoms with Crippen LogP contribution < -0.4 is 5.32 Å². The molecule has 2 aromatic carbocycles. The molecule has 0 saturated heterocycles. The molecular formula is C15H14F3NO2. The number of nitrogens with one attached hydrogen (secondary N) is 1. The van der Waals surface area contributed by atoms with E-state index in [9.17, 15) is 18.0 Å². The summed E-state index contributed by atoms with van der Waals surface area (Å²) in [4.78, 5) is 10.8. The minimum absolute atomic E-state index is 0.0294. The van der Waals surface area contributed by atoms with Gasteiger partial charge in [-0.05, 0) is 36.8 Å². The molecule has 0 heterocycles. The number of hydrogen-bond acceptors (Lipinski definition) is 3. The zero-order valence-corrected chi connectivity index (χ0v) is 11.5. The van der Waals surface area contributed by atoms with Crippen LogP contribution in [0.4, 0.5) is 24.5 Å². The third-order valence-electron chi connectivity index (χ3n) is 2.64. The monoisotopic (exact) mass is 297 g/mol. The van der Waals surface area contributed by atoms with Gasteiger partial charge >= 0.3 is 0 Å². The smallest absolute Gasteiger partial charge is 0.182 e. The summed E-state index contributed by atoms with van der Waals surface area (Å²) in [5.41, 5.74) is 0.202. The Morgan fingerprint density at radius 3 is 2.29 bits per heavy atom. The van der Waals surface area contributed by atoms with Crippen LogP contribution in [-0.4, -0.2) is 18.5 Å². The molecule has 0 aliphatic heterocycles. The number of rotatable bonds is 3. The zero-order valence-electron chi connectivity index (χ0n) is 11.5. The number of halogens is 3. The van der Waals surface area contributed by atoms with Gasteiger partial charge in [-0.2, -0.15) is 0 Å². The second kappa shape index (κ2) is 7.44. The Labute approximate surface area is 120 Å². The van der Waals surface area contributed by atoms with E-state index in [1.807, 2.05) is 0 Å². The highest BCUT2D eigenvalue weighted by atomic mass is 19.2. The van der Waals surface area contributed by atoms with Crippen LogP contribution in [0.3, 0.4) is 0 Å². The van der Waals surface area contributed by atoms with Crippen molar-refractivity contribution in [2.45, 2.75) is 6.92 Å². The number of aryl methyl sites for hydroxylation is 1. The Kier molecular flexibility index (Phi) is 5.92. The molecule has 112 valence electrons. The highest BCUT2D eigenvalue weighted by Crippen LogP contribution is 2.27. The van der Waals surface area contributed by atoms with Crippen molar-refractivity contribution in [2.24, 2.45) is 0 Å². The maximum absolute atomic E-state index is 13.6. The third-order valence-corrected chi connectivity index (χ3v) is 2.64. The van der Waals surface area contributed by atoms with E-state index in [0.717, 1.165) is 19.2 Å². The van der Waals surface area contributed by atoms with Crippen LogP contribution >= 0.6 is 0 Å². The first-order valence-corrected chi connectivity index (χ1v) is 5.94. The van der Waals surface area contributed by atoms with E-state index in [1.54, 1.807) is 13.0 Å². The van der Waals surface area contributed by atoms with Gasteiger partial charge in [-0.25, -0.2) is 13.2 Å². The van der Waals surface area contributed by atoms with Gasteiger partial charge in [0.15, 0.2) is 17.9 Å². The molecule has 2 rings (SSSR count). The summed E-state index contributed by atoms with van der Waals surface area (Å²) in [5, 5.41) is 9.41. The summed E-state index contributed by atoms with van der Waals surface area (Å²) in [5.74, 6) is -2.94. The van der Waals surface area contributed by atoms with Gasteiger partial charge in [0.05, 0.1) is 11.4 Å². The topological polar surface area (TPSA) is 49.3 Å². The lowest BCUT2D eigenvalue weighted by atomic mass is 10.1. The fraction of sp³-hybridized carbons (Fsp3) is 0.133. The molecule has 0 spiro atoms. The van der Waals surface area contributed by atoms with Crippen molar-refractivity contribution in [1.29, 1.82) is 0 Å². The predicted octanol–water partition coefficient (Wildman–Crippen LogP) is 3.58. The Bertz CT molecular complexity index is 645. The van der Waals surface area contributed by atoms with Crippen LogP contribution in [0, 0.1) is 24.4 Å². The van der Waals surface area contributed by atoms with Gasteiger partial charge in [-0.15, -0.1) is 0 Å². The number of carbonyl (C=O) groups excluding carboxylic acids is 1. The van der Waals surface area contributed by atoms with Crippen LogP contribution in [0.1, 0.15) is 15.9 Å². The average molecular weight is 297 g/mol. The first kappa shape index (κ1) is 16.7. The normalized spacial score (nSPS) is 9.62. The predicted molar refractivity (Wildman–Crippen MR) is 74.3 cm³/mol. The van der Waals surface area contributed by atoms with Crippen LogP contribution in [0.15, 0.2) is 30.3 Å². The molecule has 0 aliphatic carbocycles. The van der Waals surface area contributed by atoms with Crippen molar-refractivity contribution >= 4 is 17.7 Å². The number of hydrogen-bond donors (Lipinski definition) is 2. The Morgan fingerprint density at radius 2 is 1.71 bits per heavy atom. The number of aldehydes is 1. The number of anilines is 2. The summed E-state index contributed by atoms with van der Waals surface area (Å²) in [6.07, 6.45) is 0.372. The molecule has 3 nitrogen and oxygen atoms in total. The second-order valence-corrected chi connectivity index (χ2v) is 4.05. The standard InChI is InChI=1S/C14H10F3NO.CH4O/c1-8-2-5-12(11(16)6-8)18-14-9(7-19)3-4-10(15)13(14)17;1-2/h2-7,18H,1H3;2H,1H3. The Morgan fingerprint density at radius 1 is 1.05 bits per heavy atom. The van der Waals surface area contributed by atoms with E-state index < -0.39 is 17.5 Å². The van der Waals surface area contributed by atoms with E-state index in [1.165, 1.54) is 12.1 Å². The molecule has 2 N–H and O–H groups in total. The van der Waals surface area contributed by atoms with Crippen LogP contribution in [0.2, 0.25) is 0 Å². The van der Waals surface area contributed by atoms with Gasteiger partial charge in [-0.3, -0.25) is 4.79 Å². The van der Waals surface area contributed by atoms with Crippen molar-refractivity contribution in [3.05, 3.63) is 58.9 Å². The summed E-state index contributed by atoms with van der Waals surface area (Å²) < 4.78 is 40.4. The first-order valence-electron chi connectivity index (χ1n) is 5.94. The third kappa shape index (κ3) is 3.82. The fourth-order valence-electron chi connectivity index (χ4n) is 1.65.